The van der Waals surface area contributed by atoms with Crippen molar-refractivity contribution in [3.8, 4) is 5.69 Å². The molecule has 9 nitrogen and oxygen atoms in total. The Labute approximate surface area is 196 Å². The number of carbonyl (C=O) groups is 2. The Morgan fingerprint density at radius 3 is 2.38 bits per heavy atom. The van der Waals surface area contributed by atoms with Crippen molar-refractivity contribution in [2.24, 2.45) is 5.92 Å². The number of tetrazole rings is 1. The summed E-state index contributed by atoms with van der Waals surface area (Å²) in [7, 11) is 0. The molecule has 0 radical (unpaired) electrons. The summed E-state index contributed by atoms with van der Waals surface area (Å²) in [5.41, 5.74) is 2.71. The van der Waals surface area contributed by atoms with Crippen molar-refractivity contribution in [3.05, 3.63) is 65.7 Å². The molecule has 0 bridgehead atoms. The number of anilines is 1. The molecule has 176 valence electrons. The van der Waals surface area contributed by atoms with E-state index in [1.54, 1.807) is 21.7 Å². The molecular weight excluding hydrogens is 437 g/mol. The normalized spacial score (nSPS) is 19.1. The minimum atomic E-state index is -0.377. The second-order valence-corrected chi connectivity index (χ2v) is 8.83. The van der Waals surface area contributed by atoms with Crippen molar-refractivity contribution in [3.63, 3.8) is 0 Å². The monoisotopic (exact) mass is 463 g/mol. The molecule has 1 aromatic heterocycles. The average molecular weight is 464 g/mol. The molecule has 0 aliphatic carbocycles. The topological polar surface area (TPSA) is 87.5 Å². The minimum absolute atomic E-state index is 0.00194. The third kappa shape index (κ3) is 4.54. The van der Waals surface area contributed by atoms with Gasteiger partial charge in [0.25, 0.3) is 0 Å². The van der Waals surface area contributed by atoms with Crippen LogP contribution in [-0.2, 0) is 16.1 Å². The van der Waals surface area contributed by atoms with Gasteiger partial charge in [0, 0.05) is 44.8 Å². The SMILES string of the molecule is Cc1ccc(-n2nnnc2CN2CCN(C(=O)C3CC(=O)N(c4ccc(F)cc4)C3)CC2)cc1. The minimum Gasteiger partial charge on any atom is -0.340 e. The van der Waals surface area contributed by atoms with Gasteiger partial charge >= 0.3 is 0 Å². The smallest absolute Gasteiger partial charge is 0.228 e. The zero-order chi connectivity index (χ0) is 23.7. The van der Waals surface area contributed by atoms with Crippen LogP contribution in [0.4, 0.5) is 10.1 Å². The van der Waals surface area contributed by atoms with Gasteiger partial charge in [-0.2, -0.15) is 4.68 Å². The first-order chi connectivity index (χ1) is 16.5. The molecule has 3 heterocycles. The second-order valence-electron chi connectivity index (χ2n) is 8.83. The molecule has 0 saturated carbocycles. The maximum Gasteiger partial charge on any atom is 0.228 e. The maximum atomic E-state index is 13.2. The molecule has 2 fully saturated rings. The van der Waals surface area contributed by atoms with Gasteiger partial charge < -0.3 is 9.80 Å². The highest BCUT2D eigenvalue weighted by molar-refractivity contribution is 6.00. The van der Waals surface area contributed by atoms with Gasteiger partial charge in [-0.1, -0.05) is 17.7 Å². The number of carbonyl (C=O) groups excluding carboxylic acids is 2. The number of halogens is 1. The number of piperazine rings is 1. The lowest BCUT2D eigenvalue weighted by atomic mass is 10.1. The molecule has 2 aliphatic heterocycles. The zero-order valence-electron chi connectivity index (χ0n) is 19.0. The Morgan fingerprint density at radius 2 is 1.68 bits per heavy atom. The van der Waals surface area contributed by atoms with Gasteiger partial charge in [-0.15, -0.1) is 5.10 Å². The van der Waals surface area contributed by atoms with Crippen molar-refractivity contribution in [1.82, 2.24) is 30.0 Å². The van der Waals surface area contributed by atoms with Crippen molar-refractivity contribution < 1.29 is 14.0 Å². The summed E-state index contributed by atoms with van der Waals surface area (Å²) >= 11 is 0. The van der Waals surface area contributed by atoms with E-state index < -0.39 is 0 Å². The first-order valence-corrected chi connectivity index (χ1v) is 11.4. The lowest BCUT2D eigenvalue weighted by molar-refractivity contribution is -0.137. The van der Waals surface area contributed by atoms with Gasteiger partial charge in [0.2, 0.25) is 11.8 Å². The molecule has 3 aromatic rings. The molecule has 2 amide bonds. The molecule has 2 saturated heterocycles. The van der Waals surface area contributed by atoms with Crippen LogP contribution in [-0.4, -0.2) is 74.5 Å². The van der Waals surface area contributed by atoms with Crippen LogP contribution in [0.15, 0.2) is 48.5 Å². The van der Waals surface area contributed by atoms with Gasteiger partial charge in [-0.3, -0.25) is 14.5 Å². The van der Waals surface area contributed by atoms with E-state index in [0.29, 0.717) is 45.0 Å². The molecule has 0 spiro atoms. The van der Waals surface area contributed by atoms with Crippen LogP contribution < -0.4 is 4.90 Å². The van der Waals surface area contributed by atoms with E-state index in [1.807, 2.05) is 36.1 Å². The highest BCUT2D eigenvalue weighted by atomic mass is 19.1. The number of benzene rings is 2. The number of aromatic nitrogens is 4. The van der Waals surface area contributed by atoms with Crippen LogP contribution in [0.1, 0.15) is 17.8 Å². The van der Waals surface area contributed by atoms with Gasteiger partial charge in [0.15, 0.2) is 5.82 Å². The number of amides is 2. The summed E-state index contributed by atoms with van der Waals surface area (Å²) in [5, 5.41) is 12.2. The van der Waals surface area contributed by atoms with E-state index in [1.165, 1.54) is 17.7 Å². The van der Waals surface area contributed by atoms with Crippen LogP contribution in [0.3, 0.4) is 0 Å². The highest BCUT2D eigenvalue weighted by Gasteiger charge is 2.38. The van der Waals surface area contributed by atoms with Crippen LogP contribution in [0, 0.1) is 18.7 Å². The van der Waals surface area contributed by atoms with Gasteiger partial charge in [-0.25, -0.2) is 4.39 Å². The van der Waals surface area contributed by atoms with Crippen LogP contribution >= 0.6 is 0 Å². The molecule has 5 rings (SSSR count). The third-order valence-electron chi connectivity index (χ3n) is 6.47. The van der Waals surface area contributed by atoms with Crippen molar-refractivity contribution in [2.45, 2.75) is 19.9 Å². The van der Waals surface area contributed by atoms with E-state index in [4.69, 9.17) is 0 Å². The predicted molar refractivity (Wildman–Crippen MR) is 123 cm³/mol. The molecule has 34 heavy (non-hydrogen) atoms. The largest absolute Gasteiger partial charge is 0.340 e. The number of nitrogens with zero attached hydrogens (tertiary/aromatic N) is 7. The Morgan fingerprint density at radius 1 is 1.00 bits per heavy atom. The summed E-state index contributed by atoms with van der Waals surface area (Å²) in [4.78, 5) is 31.2. The van der Waals surface area contributed by atoms with E-state index in [0.717, 1.165) is 11.5 Å². The number of aryl methyl sites for hydroxylation is 1. The molecule has 2 aliphatic rings. The van der Waals surface area contributed by atoms with E-state index >= 15 is 0 Å². The fourth-order valence-corrected chi connectivity index (χ4v) is 4.52. The number of hydrogen-bond donors (Lipinski definition) is 0. The zero-order valence-corrected chi connectivity index (χ0v) is 19.0. The molecule has 2 aromatic carbocycles. The first kappa shape index (κ1) is 22.1. The lowest BCUT2D eigenvalue weighted by Gasteiger charge is -2.35. The standard InChI is InChI=1S/C24H26FN7O2/c1-17-2-6-21(7-3-17)32-22(26-27-28-32)16-29-10-12-30(13-11-29)24(34)18-14-23(33)31(15-18)20-8-4-19(25)5-9-20/h2-9,18H,10-16H2,1H3. The molecule has 1 atom stereocenters. The summed E-state index contributed by atoms with van der Waals surface area (Å²) in [6.45, 7) is 5.53. The highest BCUT2D eigenvalue weighted by Crippen LogP contribution is 2.27. The fourth-order valence-electron chi connectivity index (χ4n) is 4.52. The van der Waals surface area contributed by atoms with Crippen LogP contribution in [0.2, 0.25) is 0 Å². The fraction of sp³-hybridized carbons (Fsp3) is 0.375. The van der Waals surface area contributed by atoms with E-state index in [2.05, 4.69) is 20.4 Å². The molecule has 10 heteroatoms. The average Bonchev–Trinajstić information content (AvgIpc) is 3.47. The van der Waals surface area contributed by atoms with Gasteiger partial charge in [0.05, 0.1) is 18.2 Å². The summed E-state index contributed by atoms with van der Waals surface area (Å²) in [5.74, 6) is -0.0830. The number of hydrogen-bond acceptors (Lipinski definition) is 6. The predicted octanol–water partition coefficient (Wildman–Crippen LogP) is 1.81. The molecular formula is C24H26FN7O2. The Hall–Kier alpha value is -3.66. The van der Waals surface area contributed by atoms with Gasteiger partial charge in [0.1, 0.15) is 5.82 Å². The lowest BCUT2D eigenvalue weighted by Crippen LogP contribution is -2.50. The van der Waals surface area contributed by atoms with Crippen LogP contribution in [0.5, 0.6) is 0 Å². The molecule has 1 unspecified atom stereocenters. The Balaban J connectivity index is 1.17. The van der Waals surface area contributed by atoms with Crippen molar-refractivity contribution in [1.29, 1.82) is 0 Å². The number of rotatable bonds is 5. The van der Waals surface area contributed by atoms with E-state index in [-0.39, 0.29) is 30.0 Å². The second kappa shape index (κ2) is 9.30. The van der Waals surface area contributed by atoms with Gasteiger partial charge in [-0.05, 0) is 53.7 Å². The third-order valence-corrected chi connectivity index (χ3v) is 6.47. The maximum absolute atomic E-state index is 13.2. The summed E-state index contributed by atoms with van der Waals surface area (Å²) in [6.07, 6.45) is 0.182. The van der Waals surface area contributed by atoms with Crippen molar-refractivity contribution in [2.75, 3.05) is 37.6 Å². The quantitative estimate of drug-likeness (QED) is 0.574. The summed E-state index contributed by atoms with van der Waals surface area (Å²) < 4.78 is 15.0. The Bertz CT molecular complexity index is 1170. The van der Waals surface area contributed by atoms with E-state index in [9.17, 15) is 14.0 Å². The Kier molecular flexibility index (Phi) is 6.06. The molecule has 0 N–H and O–H groups in total. The first-order valence-electron chi connectivity index (χ1n) is 11.4. The summed E-state index contributed by atoms with van der Waals surface area (Å²) in [6, 6.07) is 13.8. The van der Waals surface area contributed by atoms with Crippen LogP contribution in [0.25, 0.3) is 5.69 Å². The van der Waals surface area contributed by atoms with Crippen molar-refractivity contribution >= 4 is 17.5 Å².